The van der Waals surface area contributed by atoms with Crippen molar-refractivity contribution in [1.29, 1.82) is 0 Å². The lowest BCUT2D eigenvalue weighted by molar-refractivity contribution is 0.630. The van der Waals surface area contributed by atoms with Crippen LogP contribution in [0, 0.1) is 5.82 Å². The Morgan fingerprint density at radius 1 is 0.591 bits per heavy atom. The molecule has 22 heavy (non-hydrogen) atoms. The van der Waals surface area contributed by atoms with Crippen LogP contribution in [0.4, 0.5) is 4.39 Å². The molecule has 0 aliphatic heterocycles. The van der Waals surface area contributed by atoms with Gasteiger partial charge in [-0.15, -0.1) is 0 Å². The molecule has 1 heterocycles. The average Bonchev–Trinajstić information content (AvgIpc) is 2.88. The molecule has 0 fully saturated rings. The van der Waals surface area contributed by atoms with Crippen molar-refractivity contribution in [2.24, 2.45) is 0 Å². The second kappa shape index (κ2) is 4.08. The molecule has 0 N–H and O–H groups in total. The molecule has 5 rings (SSSR count). The molecule has 5 aromatic rings. The van der Waals surface area contributed by atoms with E-state index >= 15 is 0 Å². The van der Waals surface area contributed by atoms with Crippen LogP contribution in [-0.4, -0.2) is 0 Å². The van der Waals surface area contributed by atoms with Crippen molar-refractivity contribution in [3.8, 4) is 0 Å². The lowest BCUT2D eigenvalue weighted by Gasteiger charge is -2.03. The lowest BCUT2D eigenvalue weighted by atomic mass is 10.0. The van der Waals surface area contributed by atoms with Crippen molar-refractivity contribution in [2.45, 2.75) is 0 Å². The van der Waals surface area contributed by atoms with Crippen LogP contribution in [0.3, 0.4) is 0 Å². The van der Waals surface area contributed by atoms with Crippen LogP contribution in [0.2, 0.25) is 0 Å². The third-order valence-electron chi connectivity index (χ3n) is 4.25. The van der Waals surface area contributed by atoms with Gasteiger partial charge in [-0.2, -0.15) is 0 Å². The number of hydrogen-bond donors (Lipinski definition) is 0. The maximum atomic E-state index is 13.4. The van der Waals surface area contributed by atoms with Gasteiger partial charge in [-0.3, -0.25) is 0 Å². The summed E-state index contributed by atoms with van der Waals surface area (Å²) in [5, 5.41) is 6.38. The first-order valence-corrected chi connectivity index (χ1v) is 7.22. The van der Waals surface area contributed by atoms with Gasteiger partial charge in [0.05, 0.1) is 0 Å². The van der Waals surface area contributed by atoms with E-state index in [4.69, 9.17) is 4.42 Å². The van der Waals surface area contributed by atoms with Gasteiger partial charge in [0.1, 0.15) is 17.0 Å². The van der Waals surface area contributed by atoms with Crippen LogP contribution in [0.15, 0.2) is 71.1 Å². The Labute approximate surface area is 125 Å². The Morgan fingerprint density at radius 3 is 2.32 bits per heavy atom. The van der Waals surface area contributed by atoms with Gasteiger partial charge >= 0.3 is 0 Å². The van der Waals surface area contributed by atoms with E-state index in [0.717, 1.165) is 43.5 Å². The molecule has 4 aromatic carbocycles. The van der Waals surface area contributed by atoms with E-state index in [2.05, 4.69) is 18.2 Å². The summed E-state index contributed by atoms with van der Waals surface area (Å²) in [6, 6.07) is 21.2. The molecule has 0 saturated carbocycles. The standard InChI is InChI=1S/C20H11FO/c21-16-6-5-12-7-14-10-18-17-3-1-2-4-19(17)22-20(18)11-15(14)8-13(12)9-16/h1-11H. The Kier molecular flexibility index (Phi) is 2.18. The van der Waals surface area contributed by atoms with Gasteiger partial charge in [0.25, 0.3) is 0 Å². The Balaban J connectivity index is 1.95. The Bertz CT molecular complexity index is 1180. The minimum absolute atomic E-state index is 0.211. The van der Waals surface area contributed by atoms with E-state index in [1.807, 2.05) is 36.4 Å². The summed E-state index contributed by atoms with van der Waals surface area (Å²) < 4.78 is 19.3. The number of rotatable bonds is 0. The number of benzene rings is 4. The van der Waals surface area contributed by atoms with E-state index in [-0.39, 0.29) is 5.82 Å². The largest absolute Gasteiger partial charge is 0.456 e. The van der Waals surface area contributed by atoms with Crippen molar-refractivity contribution in [2.75, 3.05) is 0 Å². The highest BCUT2D eigenvalue weighted by molar-refractivity contribution is 6.11. The molecule has 2 heteroatoms. The highest BCUT2D eigenvalue weighted by atomic mass is 19.1. The molecule has 0 aliphatic rings. The second-order valence-electron chi connectivity index (χ2n) is 5.64. The summed E-state index contributed by atoms with van der Waals surface area (Å²) in [7, 11) is 0. The maximum Gasteiger partial charge on any atom is 0.136 e. The van der Waals surface area contributed by atoms with Crippen LogP contribution in [-0.2, 0) is 0 Å². The fourth-order valence-electron chi connectivity index (χ4n) is 3.19. The van der Waals surface area contributed by atoms with Crippen LogP contribution in [0.1, 0.15) is 0 Å². The van der Waals surface area contributed by atoms with Gasteiger partial charge in [0.15, 0.2) is 0 Å². The zero-order valence-corrected chi connectivity index (χ0v) is 11.6. The summed E-state index contributed by atoms with van der Waals surface area (Å²) in [5.41, 5.74) is 1.76. The summed E-state index contributed by atoms with van der Waals surface area (Å²) >= 11 is 0. The smallest absolute Gasteiger partial charge is 0.136 e. The van der Waals surface area contributed by atoms with Crippen LogP contribution < -0.4 is 0 Å². The van der Waals surface area contributed by atoms with E-state index in [9.17, 15) is 4.39 Å². The minimum Gasteiger partial charge on any atom is -0.456 e. The van der Waals surface area contributed by atoms with Crippen molar-refractivity contribution in [3.63, 3.8) is 0 Å². The molecule has 0 spiro atoms. The Morgan fingerprint density at radius 2 is 1.36 bits per heavy atom. The van der Waals surface area contributed by atoms with E-state index in [1.54, 1.807) is 6.07 Å². The predicted octanol–water partition coefficient (Wildman–Crippen LogP) is 6.03. The second-order valence-corrected chi connectivity index (χ2v) is 5.64. The summed E-state index contributed by atoms with van der Waals surface area (Å²) in [6.45, 7) is 0. The molecule has 1 nitrogen and oxygen atoms in total. The topological polar surface area (TPSA) is 13.1 Å². The number of fused-ring (bicyclic) bond motifs is 5. The van der Waals surface area contributed by atoms with Crippen LogP contribution >= 0.6 is 0 Å². The van der Waals surface area contributed by atoms with Crippen molar-refractivity contribution in [1.82, 2.24) is 0 Å². The average molecular weight is 286 g/mol. The molecule has 0 radical (unpaired) electrons. The summed E-state index contributed by atoms with van der Waals surface area (Å²) in [4.78, 5) is 0. The third-order valence-corrected chi connectivity index (χ3v) is 4.25. The quantitative estimate of drug-likeness (QED) is 0.317. The third kappa shape index (κ3) is 1.58. The molecule has 0 amide bonds. The fourth-order valence-corrected chi connectivity index (χ4v) is 3.19. The van der Waals surface area contributed by atoms with Crippen molar-refractivity contribution >= 4 is 43.5 Å². The zero-order valence-electron chi connectivity index (χ0n) is 11.6. The lowest BCUT2D eigenvalue weighted by Crippen LogP contribution is -1.79. The summed E-state index contributed by atoms with van der Waals surface area (Å²) in [6.07, 6.45) is 0. The van der Waals surface area contributed by atoms with Crippen molar-refractivity contribution < 1.29 is 8.81 Å². The van der Waals surface area contributed by atoms with Crippen molar-refractivity contribution in [3.05, 3.63) is 72.5 Å². The van der Waals surface area contributed by atoms with E-state index in [0.29, 0.717) is 0 Å². The maximum absolute atomic E-state index is 13.4. The molecule has 0 unspecified atom stereocenters. The first kappa shape index (κ1) is 11.8. The number of furan rings is 1. The molecule has 0 aliphatic carbocycles. The predicted molar refractivity (Wildman–Crippen MR) is 88.7 cm³/mol. The first-order valence-electron chi connectivity index (χ1n) is 7.22. The van der Waals surface area contributed by atoms with Gasteiger partial charge in [0, 0.05) is 10.8 Å². The highest BCUT2D eigenvalue weighted by Crippen LogP contribution is 2.33. The van der Waals surface area contributed by atoms with Crippen LogP contribution in [0.5, 0.6) is 0 Å². The van der Waals surface area contributed by atoms with Gasteiger partial charge in [-0.25, -0.2) is 4.39 Å². The molecule has 0 bridgehead atoms. The minimum atomic E-state index is -0.211. The molecule has 0 saturated heterocycles. The Hall–Kier alpha value is -2.87. The number of hydrogen-bond acceptors (Lipinski definition) is 1. The fraction of sp³-hybridized carbons (Fsp3) is 0. The van der Waals surface area contributed by atoms with Gasteiger partial charge in [0.2, 0.25) is 0 Å². The van der Waals surface area contributed by atoms with Gasteiger partial charge < -0.3 is 4.42 Å². The zero-order chi connectivity index (χ0) is 14.7. The number of halogens is 1. The molecular formula is C20H11FO. The van der Waals surface area contributed by atoms with E-state index in [1.165, 1.54) is 6.07 Å². The summed E-state index contributed by atoms with van der Waals surface area (Å²) in [5.74, 6) is -0.211. The monoisotopic (exact) mass is 286 g/mol. The first-order chi connectivity index (χ1) is 10.8. The van der Waals surface area contributed by atoms with Gasteiger partial charge in [-0.1, -0.05) is 24.3 Å². The van der Waals surface area contributed by atoms with Gasteiger partial charge in [-0.05, 0) is 64.0 Å². The number of para-hydroxylation sites is 1. The van der Waals surface area contributed by atoms with Crippen LogP contribution in [0.25, 0.3) is 43.5 Å². The molecule has 0 atom stereocenters. The molecular weight excluding hydrogens is 275 g/mol. The van der Waals surface area contributed by atoms with E-state index < -0.39 is 0 Å². The molecule has 104 valence electrons. The molecule has 1 aromatic heterocycles. The SMILES string of the molecule is Fc1ccc2cc3cc4c(cc3cc2c1)oc1ccccc14. The normalized spacial score (nSPS) is 11.9. The highest BCUT2D eigenvalue weighted by Gasteiger charge is 2.08.